The molecule has 0 atom stereocenters. The molecule has 0 spiro atoms. The van der Waals surface area contributed by atoms with Crippen molar-refractivity contribution >= 4 is 0 Å². The van der Waals surface area contributed by atoms with Gasteiger partial charge in [0.1, 0.15) is 0 Å². The second kappa shape index (κ2) is 7.51. The van der Waals surface area contributed by atoms with Gasteiger partial charge in [0.2, 0.25) is 0 Å². The number of aromatic hydroxyl groups is 1. The molecule has 2 aromatic carbocycles. The number of phenols is 1. The predicted octanol–water partition coefficient (Wildman–Crippen LogP) is 3.86. The van der Waals surface area contributed by atoms with Crippen molar-refractivity contribution in [3.05, 3.63) is 59.7 Å². The number of piperidine rings is 1. The first kappa shape index (κ1) is 15.9. The lowest BCUT2D eigenvalue weighted by atomic mass is 9.90. The Morgan fingerprint density at radius 1 is 1.04 bits per heavy atom. The Morgan fingerprint density at radius 3 is 2.48 bits per heavy atom. The third kappa shape index (κ3) is 4.05. The first-order valence-corrected chi connectivity index (χ1v) is 8.37. The van der Waals surface area contributed by atoms with Crippen molar-refractivity contribution in [2.75, 3.05) is 20.2 Å². The van der Waals surface area contributed by atoms with Crippen molar-refractivity contribution in [2.45, 2.75) is 25.8 Å². The zero-order valence-corrected chi connectivity index (χ0v) is 13.7. The van der Waals surface area contributed by atoms with Crippen LogP contribution in [0.3, 0.4) is 0 Å². The van der Waals surface area contributed by atoms with Crippen LogP contribution in [0.2, 0.25) is 0 Å². The maximum Gasteiger partial charge on any atom is 0.162 e. The molecule has 1 saturated heterocycles. The van der Waals surface area contributed by atoms with E-state index < -0.39 is 0 Å². The smallest absolute Gasteiger partial charge is 0.162 e. The van der Waals surface area contributed by atoms with Crippen molar-refractivity contribution in [2.24, 2.45) is 5.92 Å². The summed E-state index contributed by atoms with van der Waals surface area (Å²) in [7, 11) is 1.59. The molecule has 0 radical (unpaired) electrons. The van der Waals surface area contributed by atoms with Crippen LogP contribution in [0.5, 0.6) is 11.5 Å². The molecule has 3 rings (SSSR count). The van der Waals surface area contributed by atoms with Gasteiger partial charge in [-0.1, -0.05) is 42.5 Å². The molecule has 23 heavy (non-hydrogen) atoms. The summed E-state index contributed by atoms with van der Waals surface area (Å²) in [5, 5.41) is 10.2. The highest BCUT2D eigenvalue weighted by molar-refractivity contribution is 5.45. The summed E-state index contributed by atoms with van der Waals surface area (Å²) in [5.41, 5.74) is 2.39. The number of ether oxygens (including phenoxy) is 1. The third-order valence-corrected chi connectivity index (χ3v) is 4.77. The number of rotatable bonds is 5. The van der Waals surface area contributed by atoms with Crippen LogP contribution in [0, 0.1) is 5.92 Å². The van der Waals surface area contributed by atoms with E-state index in [0.29, 0.717) is 5.75 Å². The van der Waals surface area contributed by atoms with Gasteiger partial charge >= 0.3 is 0 Å². The van der Waals surface area contributed by atoms with E-state index in [9.17, 15) is 5.11 Å². The predicted molar refractivity (Wildman–Crippen MR) is 92.8 cm³/mol. The Kier molecular flexibility index (Phi) is 5.19. The molecule has 1 aliphatic rings. The van der Waals surface area contributed by atoms with Crippen molar-refractivity contribution in [1.29, 1.82) is 0 Å². The zero-order valence-electron chi connectivity index (χ0n) is 13.7. The van der Waals surface area contributed by atoms with E-state index in [1.165, 1.54) is 24.8 Å². The van der Waals surface area contributed by atoms with Crippen molar-refractivity contribution in [3.8, 4) is 11.5 Å². The van der Waals surface area contributed by atoms with Gasteiger partial charge in [-0.2, -0.15) is 0 Å². The van der Waals surface area contributed by atoms with Gasteiger partial charge < -0.3 is 9.84 Å². The molecule has 0 aliphatic carbocycles. The Bertz CT molecular complexity index is 619. The highest BCUT2D eigenvalue weighted by Gasteiger charge is 2.20. The second-order valence-electron chi connectivity index (χ2n) is 6.38. The number of hydrogen-bond donors (Lipinski definition) is 1. The van der Waals surface area contributed by atoms with Crippen LogP contribution < -0.4 is 4.74 Å². The molecule has 0 amide bonds. The van der Waals surface area contributed by atoms with Crippen molar-refractivity contribution in [3.63, 3.8) is 0 Å². The SMILES string of the molecule is COc1cccc(CN2CCC(Cc3ccccc3)CC2)c1O. The average Bonchev–Trinajstić information content (AvgIpc) is 2.59. The van der Waals surface area contributed by atoms with Gasteiger partial charge in [-0.05, 0) is 49.9 Å². The lowest BCUT2D eigenvalue weighted by Crippen LogP contribution is -2.33. The molecule has 1 aliphatic heterocycles. The van der Waals surface area contributed by atoms with Gasteiger partial charge in [0.25, 0.3) is 0 Å². The molecule has 0 unspecified atom stereocenters. The molecule has 2 aromatic rings. The molecule has 122 valence electrons. The lowest BCUT2D eigenvalue weighted by Gasteiger charge is -2.32. The minimum absolute atomic E-state index is 0.279. The van der Waals surface area contributed by atoms with Crippen molar-refractivity contribution < 1.29 is 9.84 Å². The van der Waals surface area contributed by atoms with E-state index in [4.69, 9.17) is 4.74 Å². The molecule has 3 nitrogen and oxygen atoms in total. The summed E-state index contributed by atoms with van der Waals surface area (Å²) in [6, 6.07) is 16.5. The fourth-order valence-corrected chi connectivity index (χ4v) is 3.40. The normalized spacial score (nSPS) is 16.4. The van der Waals surface area contributed by atoms with Gasteiger partial charge in [-0.3, -0.25) is 4.90 Å². The highest BCUT2D eigenvalue weighted by atomic mass is 16.5. The van der Waals surface area contributed by atoms with E-state index in [0.717, 1.165) is 31.1 Å². The van der Waals surface area contributed by atoms with E-state index in [1.807, 2.05) is 12.1 Å². The molecule has 1 N–H and O–H groups in total. The number of nitrogens with zero attached hydrogens (tertiary/aromatic N) is 1. The van der Waals surface area contributed by atoms with Crippen LogP contribution in [0.4, 0.5) is 0 Å². The number of phenolic OH excluding ortho intramolecular Hbond substituents is 1. The summed E-state index contributed by atoms with van der Waals surface area (Å²) < 4.78 is 5.19. The van der Waals surface area contributed by atoms with Gasteiger partial charge in [0.05, 0.1) is 7.11 Å². The largest absolute Gasteiger partial charge is 0.504 e. The quantitative estimate of drug-likeness (QED) is 0.910. The second-order valence-corrected chi connectivity index (χ2v) is 6.38. The van der Waals surface area contributed by atoms with Crippen LogP contribution in [-0.4, -0.2) is 30.2 Å². The lowest BCUT2D eigenvalue weighted by molar-refractivity contribution is 0.175. The fraction of sp³-hybridized carbons (Fsp3) is 0.400. The summed E-state index contributed by atoms with van der Waals surface area (Å²) in [4.78, 5) is 2.43. The third-order valence-electron chi connectivity index (χ3n) is 4.77. The van der Waals surface area contributed by atoms with Crippen molar-refractivity contribution in [1.82, 2.24) is 4.90 Å². The van der Waals surface area contributed by atoms with Gasteiger partial charge in [-0.15, -0.1) is 0 Å². The van der Waals surface area contributed by atoms with Crippen LogP contribution in [-0.2, 0) is 13.0 Å². The average molecular weight is 311 g/mol. The Balaban J connectivity index is 1.53. The monoisotopic (exact) mass is 311 g/mol. The summed E-state index contributed by atoms with van der Waals surface area (Å²) in [5.74, 6) is 1.61. The number of methoxy groups -OCH3 is 1. The van der Waals surface area contributed by atoms with Crippen LogP contribution in [0.15, 0.2) is 48.5 Å². The topological polar surface area (TPSA) is 32.7 Å². The van der Waals surface area contributed by atoms with Crippen LogP contribution in [0.25, 0.3) is 0 Å². The first-order chi connectivity index (χ1) is 11.3. The van der Waals surface area contributed by atoms with Crippen LogP contribution in [0.1, 0.15) is 24.0 Å². The molecule has 1 heterocycles. The summed E-state index contributed by atoms with van der Waals surface area (Å²) >= 11 is 0. The maximum absolute atomic E-state index is 10.2. The molecular formula is C20H25NO2. The minimum Gasteiger partial charge on any atom is -0.504 e. The Labute approximate surface area is 138 Å². The van der Waals surface area contributed by atoms with Gasteiger partial charge in [0, 0.05) is 12.1 Å². The fourth-order valence-electron chi connectivity index (χ4n) is 3.40. The van der Waals surface area contributed by atoms with E-state index in [2.05, 4.69) is 35.2 Å². The molecular weight excluding hydrogens is 286 g/mol. The Morgan fingerprint density at radius 2 is 1.78 bits per heavy atom. The van der Waals surface area contributed by atoms with Gasteiger partial charge in [-0.25, -0.2) is 0 Å². The number of likely N-dealkylation sites (tertiary alicyclic amines) is 1. The van der Waals surface area contributed by atoms with Crippen LogP contribution >= 0.6 is 0 Å². The summed E-state index contributed by atoms with van der Waals surface area (Å²) in [6.45, 7) is 2.98. The van der Waals surface area contributed by atoms with E-state index in [-0.39, 0.29) is 5.75 Å². The molecule has 0 bridgehead atoms. The standard InChI is InChI=1S/C20H25NO2/c1-23-19-9-5-8-18(20(19)22)15-21-12-10-17(11-13-21)14-16-6-3-2-4-7-16/h2-9,17,22H,10-15H2,1H3. The molecule has 0 saturated carbocycles. The van der Waals surface area contributed by atoms with E-state index >= 15 is 0 Å². The maximum atomic E-state index is 10.2. The highest BCUT2D eigenvalue weighted by Crippen LogP contribution is 2.31. The molecule has 1 fully saturated rings. The minimum atomic E-state index is 0.279. The molecule has 0 aromatic heterocycles. The van der Waals surface area contributed by atoms with E-state index in [1.54, 1.807) is 13.2 Å². The summed E-state index contributed by atoms with van der Waals surface area (Å²) in [6.07, 6.45) is 3.62. The number of hydrogen-bond acceptors (Lipinski definition) is 3. The van der Waals surface area contributed by atoms with Gasteiger partial charge in [0.15, 0.2) is 11.5 Å². The first-order valence-electron chi connectivity index (χ1n) is 8.37. The number of benzene rings is 2. The Hall–Kier alpha value is -2.00. The number of para-hydroxylation sites is 1. The zero-order chi connectivity index (χ0) is 16.1. The molecule has 3 heteroatoms.